The van der Waals surface area contributed by atoms with E-state index in [4.69, 9.17) is 5.11 Å². The van der Waals surface area contributed by atoms with Gasteiger partial charge in [0, 0.05) is 20.2 Å². The van der Waals surface area contributed by atoms with Gasteiger partial charge in [0.15, 0.2) is 0 Å². The number of urea groups is 1. The van der Waals surface area contributed by atoms with Crippen molar-refractivity contribution in [1.82, 2.24) is 10.2 Å². The van der Waals surface area contributed by atoms with Crippen molar-refractivity contribution in [3.05, 3.63) is 0 Å². The quantitative estimate of drug-likeness (QED) is 0.691. The van der Waals surface area contributed by atoms with Crippen molar-refractivity contribution >= 4 is 6.03 Å². The minimum Gasteiger partial charge on any atom is -0.396 e. The highest BCUT2D eigenvalue weighted by atomic mass is 19.4. The molecule has 0 aliphatic carbocycles. The topological polar surface area (TPSA) is 52.6 Å². The van der Waals surface area contributed by atoms with Crippen LogP contribution in [0.2, 0.25) is 0 Å². The Morgan fingerprint density at radius 1 is 1.31 bits per heavy atom. The minimum absolute atomic E-state index is 0.0873. The van der Waals surface area contributed by atoms with Gasteiger partial charge in [0.2, 0.25) is 0 Å². The van der Waals surface area contributed by atoms with Gasteiger partial charge in [-0.25, -0.2) is 4.79 Å². The molecule has 96 valence electrons. The minimum atomic E-state index is -4.38. The van der Waals surface area contributed by atoms with E-state index in [0.29, 0.717) is 19.4 Å². The molecule has 2 N–H and O–H groups in total. The molecule has 4 nitrogen and oxygen atoms in total. The lowest BCUT2D eigenvalue weighted by Gasteiger charge is -2.18. The van der Waals surface area contributed by atoms with Gasteiger partial charge in [-0.2, -0.15) is 13.2 Å². The van der Waals surface area contributed by atoms with E-state index in [1.807, 2.05) is 0 Å². The van der Waals surface area contributed by atoms with Gasteiger partial charge in [-0.15, -0.1) is 0 Å². The third-order valence-electron chi connectivity index (χ3n) is 1.94. The highest BCUT2D eigenvalue weighted by molar-refractivity contribution is 5.73. The first-order valence-electron chi connectivity index (χ1n) is 5.03. The summed E-state index contributed by atoms with van der Waals surface area (Å²) in [5.74, 6) is 0. The molecule has 0 aromatic heterocycles. The molecule has 0 aliphatic heterocycles. The van der Waals surface area contributed by atoms with Crippen LogP contribution in [0.5, 0.6) is 0 Å². The fraction of sp³-hybridized carbons (Fsp3) is 0.889. The molecule has 7 heteroatoms. The summed E-state index contributed by atoms with van der Waals surface area (Å²) >= 11 is 0. The van der Waals surface area contributed by atoms with Gasteiger partial charge in [-0.1, -0.05) is 0 Å². The van der Waals surface area contributed by atoms with Gasteiger partial charge in [-0.05, 0) is 19.3 Å². The second kappa shape index (κ2) is 7.32. The summed E-state index contributed by atoms with van der Waals surface area (Å²) in [5.41, 5.74) is 0. The second-order valence-corrected chi connectivity index (χ2v) is 3.48. The molecule has 0 fully saturated rings. The summed E-state index contributed by atoms with van der Waals surface area (Å²) in [6, 6.07) is -0.735. The Hall–Kier alpha value is -0.980. The van der Waals surface area contributed by atoms with E-state index in [2.05, 4.69) is 0 Å². The van der Waals surface area contributed by atoms with Crippen LogP contribution in [0.15, 0.2) is 0 Å². The van der Waals surface area contributed by atoms with Crippen molar-refractivity contribution in [2.24, 2.45) is 0 Å². The van der Waals surface area contributed by atoms with Crippen molar-refractivity contribution in [2.75, 3.05) is 26.7 Å². The maximum Gasteiger partial charge on any atom is 0.405 e. The number of hydrogen-bond donors (Lipinski definition) is 2. The highest BCUT2D eigenvalue weighted by Crippen LogP contribution is 2.12. The number of amides is 2. The first-order chi connectivity index (χ1) is 7.37. The zero-order chi connectivity index (χ0) is 12.6. The Morgan fingerprint density at radius 3 is 2.44 bits per heavy atom. The Morgan fingerprint density at radius 2 is 1.94 bits per heavy atom. The molecule has 0 bridgehead atoms. The maximum atomic E-state index is 11.8. The predicted molar refractivity (Wildman–Crippen MR) is 53.0 cm³/mol. The summed E-state index contributed by atoms with van der Waals surface area (Å²) < 4.78 is 35.3. The van der Waals surface area contributed by atoms with Crippen molar-refractivity contribution in [2.45, 2.75) is 25.4 Å². The predicted octanol–water partition coefficient (Wildman–Crippen LogP) is 1.35. The normalized spacial score (nSPS) is 11.3. The van der Waals surface area contributed by atoms with Gasteiger partial charge in [0.25, 0.3) is 0 Å². The number of halogens is 3. The standard InChI is InChI=1S/C9H17F3N2O2/c1-14(5-3-2-4-6-15)8(16)13-7-9(10,11)12/h15H,2-7H2,1H3,(H,13,16). The van der Waals surface area contributed by atoms with E-state index >= 15 is 0 Å². The first-order valence-corrected chi connectivity index (χ1v) is 5.03. The SMILES string of the molecule is CN(CCCCCO)C(=O)NCC(F)(F)F. The van der Waals surface area contributed by atoms with Crippen LogP contribution in [-0.2, 0) is 0 Å². The number of nitrogens with one attached hydrogen (secondary N) is 1. The van der Waals surface area contributed by atoms with Crippen molar-refractivity contribution < 1.29 is 23.1 Å². The summed E-state index contributed by atoms with van der Waals surface area (Å²) in [4.78, 5) is 12.3. The number of aliphatic hydroxyl groups excluding tert-OH is 1. The van der Waals surface area contributed by atoms with Crippen LogP contribution in [0.1, 0.15) is 19.3 Å². The Balaban J connectivity index is 3.65. The number of alkyl halides is 3. The number of carbonyl (C=O) groups is 1. The van der Waals surface area contributed by atoms with Gasteiger partial charge < -0.3 is 15.3 Å². The molecule has 16 heavy (non-hydrogen) atoms. The molecule has 0 aromatic carbocycles. The molecule has 0 spiro atoms. The fourth-order valence-corrected chi connectivity index (χ4v) is 1.05. The molecule has 0 radical (unpaired) electrons. The lowest BCUT2D eigenvalue weighted by molar-refractivity contribution is -0.123. The van der Waals surface area contributed by atoms with E-state index in [1.165, 1.54) is 11.9 Å². The molecule has 0 rings (SSSR count). The molecule has 0 heterocycles. The lowest BCUT2D eigenvalue weighted by Crippen LogP contribution is -2.42. The Kier molecular flexibility index (Phi) is 6.87. The number of nitrogens with zero attached hydrogens (tertiary/aromatic N) is 1. The molecule has 0 aliphatic rings. The molecular formula is C9H17F3N2O2. The number of unbranched alkanes of at least 4 members (excludes halogenated alkanes) is 2. The Bertz CT molecular complexity index is 209. The van der Waals surface area contributed by atoms with Crippen LogP contribution in [0, 0.1) is 0 Å². The average Bonchev–Trinajstić information content (AvgIpc) is 2.19. The summed E-state index contributed by atoms with van der Waals surface area (Å²) in [6.07, 6.45) is -2.34. The number of hydrogen-bond acceptors (Lipinski definition) is 2. The molecule has 0 unspecified atom stereocenters. The fourth-order valence-electron chi connectivity index (χ4n) is 1.05. The largest absolute Gasteiger partial charge is 0.405 e. The summed E-state index contributed by atoms with van der Waals surface area (Å²) in [6.45, 7) is -0.847. The molecule has 0 aromatic rings. The third-order valence-corrected chi connectivity index (χ3v) is 1.94. The molecule has 0 atom stereocenters. The van der Waals surface area contributed by atoms with Gasteiger partial charge >= 0.3 is 12.2 Å². The van der Waals surface area contributed by atoms with Crippen molar-refractivity contribution in [1.29, 1.82) is 0 Å². The molecule has 0 saturated heterocycles. The maximum absolute atomic E-state index is 11.8. The molecule has 2 amide bonds. The zero-order valence-electron chi connectivity index (χ0n) is 9.18. The van der Waals surface area contributed by atoms with Crippen LogP contribution in [0.4, 0.5) is 18.0 Å². The van der Waals surface area contributed by atoms with E-state index < -0.39 is 18.8 Å². The molecule has 0 saturated carbocycles. The molecular weight excluding hydrogens is 225 g/mol. The monoisotopic (exact) mass is 242 g/mol. The highest BCUT2D eigenvalue weighted by Gasteiger charge is 2.28. The van der Waals surface area contributed by atoms with Crippen LogP contribution < -0.4 is 5.32 Å². The number of carbonyl (C=O) groups excluding carboxylic acids is 1. The lowest BCUT2D eigenvalue weighted by atomic mass is 10.2. The van der Waals surface area contributed by atoms with Crippen molar-refractivity contribution in [3.63, 3.8) is 0 Å². The third kappa shape index (κ3) is 8.34. The van der Waals surface area contributed by atoms with Crippen LogP contribution in [0.25, 0.3) is 0 Å². The summed E-state index contributed by atoms with van der Waals surface area (Å²) in [5, 5.41) is 10.3. The smallest absolute Gasteiger partial charge is 0.396 e. The van der Waals surface area contributed by atoms with E-state index in [0.717, 1.165) is 6.42 Å². The Labute approximate surface area is 92.4 Å². The van der Waals surface area contributed by atoms with E-state index in [9.17, 15) is 18.0 Å². The second-order valence-electron chi connectivity index (χ2n) is 3.48. The van der Waals surface area contributed by atoms with Gasteiger partial charge in [0.1, 0.15) is 6.54 Å². The zero-order valence-corrected chi connectivity index (χ0v) is 9.18. The van der Waals surface area contributed by atoms with Gasteiger partial charge in [-0.3, -0.25) is 0 Å². The number of rotatable bonds is 6. The van der Waals surface area contributed by atoms with E-state index in [1.54, 1.807) is 5.32 Å². The van der Waals surface area contributed by atoms with Gasteiger partial charge in [0.05, 0.1) is 0 Å². The van der Waals surface area contributed by atoms with Crippen molar-refractivity contribution in [3.8, 4) is 0 Å². The van der Waals surface area contributed by atoms with Crippen LogP contribution in [0.3, 0.4) is 0 Å². The average molecular weight is 242 g/mol. The van der Waals surface area contributed by atoms with E-state index in [-0.39, 0.29) is 6.61 Å². The first kappa shape index (κ1) is 15.0. The summed E-state index contributed by atoms with van der Waals surface area (Å²) in [7, 11) is 1.44. The number of aliphatic hydroxyl groups is 1. The van der Waals surface area contributed by atoms with Crippen LogP contribution in [-0.4, -0.2) is 49.0 Å². The van der Waals surface area contributed by atoms with Crippen LogP contribution >= 0.6 is 0 Å².